The van der Waals surface area contributed by atoms with Crippen LogP contribution < -0.4 is 5.73 Å². The monoisotopic (exact) mass is 263 g/mol. The van der Waals surface area contributed by atoms with Crippen molar-refractivity contribution in [3.8, 4) is 0 Å². The number of hydrogen-bond acceptors (Lipinski definition) is 4. The van der Waals surface area contributed by atoms with Gasteiger partial charge in [0.15, 0.2) is 0 Å². The first-order valence-electron chi connectivity index (χ1n) is 6.12. The lowest BCUT2D eigenvalue weighted by Gasteiger charge is -2.38. The predicted molar refractivity (Wildman–Crippen MR) is 64.4 cm³/mol. The Morgan fingerprint density at radius 1 is 1.24 bits per heavy atom. The van der Waals surface area contributed by atoms with Gasteiger partial charge in [-0.25, -0.2) is 0 Å². The number of hydrogen-bond donors (Lipinski definition) is 1. The molecule has 0 saturated carbocycles. The molecule has 2 aliphatic heterocycles. The lowest BCUT2D eigenvalue weighted by Crippen LogP contribution is -2.58. The Morgan fingerprint density at radius 3 is 2.47 bits per heavy atom. The second-order valence-electron chi connectivity index (χ2n) is 4.84. The van der Waals surface area contributed by atoms with E-state index in [1.807, 2.05) is 0 Å². The highest BCUT2D eigenvalue weighted by atomic mass is 32.2. The highest BCUT2D eigenvalue weighted by molar-refractivity contribution is 7.86. The van der Waals surface area contributed by atoms with Crippen LogP contribution in [-0.2, 0) is 14.9 Å². The molecule has 7 heteroatoms. The van der Waals surface area contributed by atoms with Gasteiger partial charge in [0.2, 0.25) is 0 Å². The van der Waals surface area contributed by atoms with Gasteiger partial charge in [0.05, 0.1) is 19.4 Å². The predicted octanol–water partition coefficient (Wildman–Crippen LogP) is -0.420. The minimum absolute atomic E-state index is 0.281. The van der Waals surface area contributed by atoms with Gasteiger partial charge in [0.1, 0.15) is 0 Å². The molecule has 1 atom stereocenters. The summed E-state index contributed by atoms with van der Waals surface area (Å²) in [5, 5.41) is 0. The molecule has 2 rings (SSSR count). The van der Waals surface area contributed by atoms with E-state index in [1.165, 1.54) is 4.31 Å². The van der Waals surface area contributed by atoms with Crippen molar-refractivity contribution in [3.63, 3.8) is 0 Å². The molecule has 0 aromatic carbocycles. The molecule has 0 aliphatic carbocycles. The van der Waals surface area contributed by atoms with Gasteiger partial charge in [-0.1, -0.05) is 6.92 Å². The molecule has 0 bridgehead atoms. The number of rotatable bonds is 2. The molecule has 0 radical (unpaired) electrons. The van der Waals surface area contributed by atoms with Crippen LogP contribution in [-0.4, -0.2) is 56.0 Å². The molecule has 2 heterocycles. The van der Waals surface area contributed by atoms with Crippen LogP contribution in [0.4, 0.5) is 0 Å². The average Bonchev–Trinajstić information content (AvgIpc) is 2.30. The van der Waals surface area contributed by atoms with Crippen LogP contribution in [0.3, 0.4) is 0 Å². The van der Waals surface area contributed by atoms with Crippen molar-refractivity contribution >= 4 is 10.2 Å². The van der Waals surface area contributed by atoms with Crippen LogP contribution in [0.1, 0.15) is 19.8 Å². The summed E-state index contributed by atoms with van der Waals surface area (Å²) in [6.45, 7) is 4.43. The van der Waals surface area contributed by atoms with Gasteiger partial charge >= 0.3 is 0 Å². The van der Waals surface area contributed by atoms with Crippen LogP contribution in [0.2, 0.25) is 0 Å². The Morgan fingerprint density at radius 2 is 1.88 bits per heavy atom. The van der Waals surface area contributed by atoms with E-state index < -0.39 is 16.4 Å². The van der Waals surface area contributed by atoms with E-state index in [0.29, 0.717) is 32.2 Å². The van der Waals surface area contributed by atoms with Gasteiger partial charge in [-0.3, -0.25) is 0 Å². The molecule has 0 aromatic rings. The van der Waals surface area contributed by atoms with Gasteiger partial charge in [0.25, 0.3) is 10.2 Å². The summed E-state index contributed by atoms with van der Waals surface area (Å²) in [6, 6.07) is 0. The first kappa shape index (κ1) is 13.2. The molecule has 1 unspecified atom stereocenters. The van der Waals surface area contributed by atoms with Crippen molar-refractivity contribution in [3.05, 3.63) is 0 Å². The molecular weight excluding hydrogens is 242 g/mol. The van der Waals surface area contributed by atoms with E-state index in [-0.39, 0.29) is 6.61 Å². The highest BCUT2D eigenvalue weighted by Crippen LogP contribution is 2.22. The number of nitrogens with two attached hydrogens (primary N) is 1. The fourth-order valence-electron chi connectivity index (χ4n) is 2.26. The maximum absolute atomic E-state index is 12.4. The van der Waals surface area contributed by atoms with Gasteiger partial charge in [-0.2, -0.15) is 17.0 Å². The zero-order valence-electron chi connectivity index (χ0n) is 10.2. The van der Waals surface area contributed by atoms with Crippen LogP contribution in [0.25, 0.3) is 0 Å². The third-order valence-corrected chi connectivity index (χ3v) is 5.54. The first-order chi connectivity index (χ1) is 8.01. The average molecular weight is 263 g/mol. The third kappa shape index (κ3) is 2.79. The van der Waals surface area contributed by atoms with Gasteiger partial charge in [0, 0.05) is 19.6 Å². The standard InChI is InChI=1S/C10H21N3O3S/c1-9-2-4-12(5-3-9)17(14,15)13-6-7-16-8-10(13)11/h9-10H,2-8,11H2,1H3. The lowest BCUT2D eigenvalue weighted by molar-refractivity contribution is 0.0314. The lowest BCUT2D eigenvalue weighted by atomic mass is 10.0. The quantitative estimate of drug-likeness (QED) is 0.734. The fraction of sp³-hybridized carbons (Fsp3) is 1.00. The molecule has 2 aliphatic rings. The van der Waals surface area contributed by atoms with E-state index in [2.05, 4.69) is 6.92 Å². The third-order valence-electron chi connectivity index (χ3n) is 3.48. The maximum Gasteiger partial charge on any atom is 0.283 e. The summed E-state index contributed by atoms with van der Waals surface area (Å²) >= 11 is 0. The summed E-state index contributed by atoms with van der Waals surface area (Å²) in [4.78, 5) is 0. The second kappa shape index (κ2) is 5.19. The van der Waals surface area contributed by atoms with Crippen LogP contribution in [0.15, 0.2) is 0 Å². The molecule has 2 N–H and O–H groups in total. The molecule has 6 nitrogen and oxygen atoms in total. The molecule has 100 valence electrons. The van der Waals surface area contributed by atoms with Crippen molar-refractivity contribution in [2.24, 2.45) is 11.7 Å². The zero-order chi connectivity index (χ0) is 12.5. The van der Waals surface area contributed by atoms with Gasteiger partial charge in [-0.15, -0.1) is 0 Å². The molecular formula is C10H21N3O3S. The van der Waals surface area contributed by atoms with E-state index in [1.54, 1.807) is 4.31 Å². The maximum atomic E-state index is 12.4. The Balaban J connectivity index is 2.07. The smallest absolute Gasteiger partial charge is 0.283 e. The van der Waals surface area contributed by atoms with E-state index in [4.69, 9.17) is 10.5 Å². The van der Waals surface area contributed by atoms with Crippen molar-refractivity contribution < 1.29 is 13.2 Å². The molecule has 17 heavy (non-hydrogen) atoms. The largest absolute Gasteiger partial charge is 0.377 e. The number of piperidine rings is 1. The fourth-order valence-corrected chi connectivity index (χ4v) is 3.94. The summed E-state index contributed by atoms with van der Waals surface area (Å²) in [7, 11) is -3.40. The Bertz CT molecular complexity index is 352. The first-order valence-corrected chi connectivity index (χ1v) is 7.52. The van der Waals surface area contributed by atoms with E-state index >= 15 is 0 Å². The van der Waals surface area contributed by atoms with Crippen molar-refractivity contribution in [2.45, 2.75) is 25.9 Å². The summed E-state index contributed by atoms with van der Waals surface area (Å²) in [5.74, 6) is 0.611. The second-order valence-corrected chi connectivity index (χ2v) is 6.72. The molecule has 0 amide bonds. The minimum Gasteiger partial charge on any atom is -0.377 e. The molecule has 2 fully saturated rings. The van der Waals surface area contributed by atoms with Gasteiger partial charge < -0.3 is 10.5 Å². The normalized spacial score (nSPS) is 30.6. The van der Waals surface area contributed by atoms with Crippen molar-refractivity contribution in [1.29, 1.82) is 0 Å². The number of morpholine rings is 1. The molecule has 0 spiro atoms. The number of nitrogens with zero attached hydrogens (tertiary/aromatic N) is 2. The van der Waals surface area contributed by atoms with Gasteiger partial charge in [-0.05, 0) is 18.8 Å². The number of ether oxygens (including phenoxy) is 1. The highest BCUT2D eigenvalue weighted by Gasteiger charge is 2.36. The summed E-state index contributed by atoms with van der Waals surface area (Å²) in [5.41, 5.74) is 5.79. The van der Waals surface area contributed by atoms with Crippen LogP contribution >= 0.6 is 0 Å². The van der Waals surface area contributed by atoms with E-state index in [9.17, 15) is 8.42 Å². The summed E-state index contributed by atoms with van der Waals surface area (Å²) < 4.78 is 32.8. The Labute approximate surface area is 103 Å². The zero-order valence-corrected chi connectivity index (χ0v) is 11.0. The van der Waals surface area contributed by atoms with E-state index in [0.717, 1.165) is 12.8 Å². The summed E-state index contributed by atoms with van der Waals surface area (Å²) in [6.07, 6.45) is 1.31. The van der Waals surface area contributed by atoms with Crippen molar-refractivity contribution in [1.82, 2.24) is 8.61 Å². The molecule has 0 aromatic heterocycles. The topological polar surface area (TPSA) is 75.9 Å². The SMILES string of the molecule is CC1CCN(S(=O)(=O)N2CCOCC2N)CC1. The minimum atomic E-state index is -3.40. The Hall–Kier alpha value is -0.210. The van der Waals surface area contributed by atoms with Crippen LogP contribution in [0, 0.1) is 5.92 Å². The molecule has 2 saturated heterocycles. The van der Waals surface area contributed by atoms with Crippen LogP contribution in [0.5, 0.6) is 0 Å². The van der Waals surface area contributed by atoms with Crippen molar-refractivity contribution in [2.75, 3.05) is 32.8 Å². The Kier molecular flexibility index (Phi) is 4.04.